The summed E-state index contributed by atoms with van der Waals surface area (Å²) in [4.78, 5) is 13.8. The number of hydrogen-bond donors (Lipinski definition) is 1. The lowest BCUT2D eigenvalue weighted by Gasteiger charge is -2.14. The van der Waals surface area contributed by atoms with Gasteiger partial charge in [-0.2, -0.15) is 19.0 Å². The Morgan fingerprint density at radius 1 is 0.972 bits per heavy atom. The third-order valence-electron chi connectivity index (χ3n) is 4.81. The summed E-state index contributed by atoms with van der Waals surface area (Å²) in [7, 11) is 0. The molecule has 10 heteroatoms. The lowest BCUT2D eigenvalue weighted by molar-refractivity contribution is 0.0693. The molecule has 0 amide bonds. The van der Waals surface area contributed by atoms with E-state index in [-0.39, 0.29) is 34.1 Å². The van der Waals surface area contributed by atoms with Crippen LogP contribution in [0.3, 0.4) is 0 Å². The van der Waals surface area contributed by atoms with Gasteiger partial charge in [-0.25, -0.2) is 9.18 Å². The molecule has 0 atom stereocenters. The van der Waals surface area contributed by atoms with Crippen LogP contribution in [0.1, 0.15) is 21.5 Å². The summed E-state index contributed by atoms with van der Waals surface area (Å²) in [5.41, 5.74) is 0.741. The zero-order valence-electron chi connectivity index (χ0n) is 18.2. The number of nitriles is 1. The van der Waals surface area contributed by atoms with Crippen molar-refractivity contribution in [2.45, 2.75) is 16.4 Å². The molecule has 0 aliphatic rings. The molecule has 0 radical (unpaired) electrons. The number of carboxylic acids is 1. The predicted molar refractivity (Wildman–Crippen MR) is 124 cm³/mol. The molecule has 3 aromatic carbocycles. The third kappa shape index (κ3) is 5.42. The first-order valence-electron chi connectivity index (χ1n) is 10.3. The number of carboxylic acid groups (broad SMARTS) is 1. The van der Waals surface area contributed by atoms with E-state index < -0.39 is 34.3 Å². The van der Waals surface area contributed by atoms with Gasteiger partial charge in [0, 0.05) is 11.0 Å². The maximum absolute atomic E-state index is 15.3. The van der Waals surface area contributed by atoms with Gasteiger partial charge < -0.3 is 14.6 Å². The summed E-state index contributed by atoms with van der Waals surface area (Å²) in [5, 5.41) is 18.6. The van der Waals surface area contributed by atoms with Crippen molar-refractivity contribution in [3.8, 4) is 23.4 Å². The monoisotopic (exact) mass is 508 g/mol. The molecule has 0 saturated heterocycles. The van der Waals surface area contributed by atoms with Crippen molar-refractivity contribution in [3.63, 3.8) is 0 Å². The van der Waals surface area contributed by atoms with E-state index in [0.717, 1.165) is 5.56 Å². The van der Waals surface area contributed by atoms with Crippen LogP contribution in [0.15, 0.2) is 82.6 Å². The van der Waals surface area contributed by atoms with Gasteiger partial charge >= 0.3 is 5.97 Å². The third-order valence-corrected chi connectivity index (χ3v) is 5.95. The average molecular weight is 508 g/mol. The molecule has 0 aliphatic carbocycles. The Bertz CT molecular complexity index is 1480. The Hall–Kier alpha value is -4.49. The maximum Gasteiger partial charge on any atom is 0.336 e. The molecule has 0 spiro atoms. The first-order chi connectivity index (χ1) is 17.4. The standard InChI is InChI=1S/C26H15F3N2O4S/c27-21-23(36-20-9-5-4-8-17(20)26(32)33)22(28)25(31-24(21)29)35-19-12-16(13-30)10-11-18(19)34-14-15-6-2-1-3-7-15/h1-12H,14H2,(H,32,33). The van der Waals surface area contributed by atoms with Crippen LogP contribution in [-0.4, -0.2) is 16.1 Å². The first kappa shape index (κ1) is 24.6. The molecule has 6 nitrogen and oxygen atoms in total. The van der Waals surface area contributed by atoms with Crippen LogP contribution in [0.2, 0.25) is 0 Å². The van der Waals surface area contributed by atoms with E-state index in [1.165, 1.54) is 42.5 Å². The van der Waals surface area contributed by atoms with Crippen molar-refractivity contribution in [2.24, 2.45) is 0 Å². The van der Waals surface area contributed by atoms with Crippen LogP contribution >= 0.6 is 11.8 Å². The van der Waals surface area contributed by atoms with Gasteiger partial charge in [0.15, 0.2) is 17.3 Å². The highest BCUT2D eigenvalue weighted by Gasteiger charge is 2.25. The summed E-state index contributed by atoms with van der Waals surface area (Å²) in [5.74, 6) is -6.88. The van der Waals surface area contributed by atoms with Crippen molar-refractivity contribution in [1.82, 2.24) is 4.98 Å². The molecule has 0 aliphatic heterocycles. The SMILES string of the molecule is N#Cc1ccc(OCc2ccccc2)c(Oc2nc(F)c(F)c(Sc3ccccc3C(=O)O)c2F)c1. The van der Waals surface area contributed by atoms with Gasteiger partial charge in [0.05, 0.1) is 22.1 Å². The number of carbonyl (C=O) groups is 1. The summed E-state index contributed by atoms with van der Waals surface area (Å²) in [6.45, 7) is 0.115. The fourth-order valence-corrected chi connectivity index (χ4v) is 4.07. The lowest BCUT2D eigenvalue weighted by atomic mass is 10.2. The largest absolute Gasteiger partial charge is 0.485 e. The second kappa shape index (κ2) is 10.8. The normalized spacial score (nSPS) is 10.5. The van der Waals surface area contributed by atoms with Gasteiger partial charge in [0.25, 0.3) is 11.8 Å². The van der Waals surface area contributed by atoms with E-state index in [1.807, 2.05) is 36.4 Å². The number of aromatic carboxylic acids is 1. The molecule has 0 saturated carbocycles. The second-order valence-electron chi connectivity index (χ2n) is 7.22. The molecule has 180 valence electrons. The van der Waals surface area contributed by atoms with E-state index in [0.29, 0.717) is 11.8 Å². The number of ether oxygens (including phenoxy) is 2. The van der Waals surface area contributed by atoms with Crippen LogP contribution in [0, 0.1) is 28.9 Å². The fourth-order valence-electron chi connectivity index (χ4n) is 3.09. The van der Waals surface area contributed by atoms with Gasteiger partial charge in [-0.05, 0) is 29.8 Å². The molecule has 0 bridgehead atoms. The van der Waals surface area contributed by atoms with Gasteiger partial charge in [-0.1, -0.05) is 54.2 Å². The quantitative estimate of drug-likeness (QED) is 0.268. The maximum atomic E-state index is 15.3. The fraction of sp³-hybridized carbons (Fsp3) is 0.0385. The highest BCUT2D eigenvalue weighted by Crippen LogP contribution is 2.40. The number of pyridine rings is 1. The molecular weight excluding hydrogens is 493 g/mol. The van der Waals surface area contributed by atoms with Gasteiger partial charge in [0.2, 0.25) is 5.82 Å². The summed E-state index contributed by atoms with van der Waals surface area (Å²) in [6.07, 6.45) is 0. The van der Waals surface area contributed by atoms with E-state index in [4.69, 9.17) is 9.47 Å². The van der Waals surface area contributed by atoms with Crippen LogP contribution in [0.25, 0.3) is 0 Å². The highest BCUT2D eigenvalue weighted by molar-refractivity contribution is 7.99. The Labute approximate surface area is 207 Å². The lowest BCUT2D eigenvalue weighted by Crippen LogP contribution is -2.04. The summed E-state index contributed by atoms with van der Waals surface area (Å²) >= 11 is 0.380. The van der Waals surface area contributed by atoms with Crippen LogP contribution in [0.5, 0.6) is 17.4 Å². The number of benzene rings is 3. The number of halogens is 3. The zero-order chi connectivity index (χ0) is 25.7. The van der Waals surface area contributed by atoms with Crippen molar-refractivity contribution < 1.29 is 32.5 Å². The van der Waals surface area contributed by atoms with E-state index in [2.05, 4.69) is 4.98 Å². The zero-order valence-corrected chi connectivity index (χ0v) is 19.1. The number of aromatic nitrogens is 1. The first-order valence-corrected chi connectivity index (χ1v) is 11.1. The van der Waals surface area contributed by atoms with E-state index in [9.17, 15) is 23.9 Å². The molecule has 1 aromatic heterocycles. The van der Waals surface area contributed by atoms with E-state index in [1.54, 1.807) is 0 Å². The smallest absolute Gasteiger partial charge is 0.336 e. The minimum atomic E-state index is -1.65. The van der Waals surface area contributed by atoms with Gasteiger partial charge in [-0.3, -0.25) is 0 Å². The molecule has 1 heterocycles. The molecular formula is C26H15F3N2O4S. The Kier molecular flexibility index (Phi) is 7.42. The Balaban J connectivity index is 1.70. The van der Waals surface area contributed by atoms with Crippen LogP contribution in [-0.2, 0) is 6.61 Å². The topological polar surface area (TPSA) is 92.4 Å². The minimum Gasteiger partial charge on any atom is -0.485 e. The molecule has 4 aromatic rings. The summed E-state index contributed by atoms with van der Waals surface area (Å²) in [6, 6.07) is 20.6. The molecule has 36 heavy (non-hydrogen) atoms. The molecule has 1 N–H and O–H groups in total. The molecule has 0 unspecified atom stereocenters. The number of rotatable bonds is 8. The number of nitrogens with zero attached hydrogens (tertiary/aromatic N) is 2. The second-order valence-corrected chi connectivity index (χ2v) is 8.27. The predicted octanol–water partition coefficient (Wildman–Crippen LogP) is 6.59. The Morgan fingerprint density at radius 3 is 2.42 bits per heavy atom. The average Bonchev–Trinajstić information content (AvgIpc) is 2.89. The summed E-state index contributed by atoms with van der Waals surface area (Å²) < 4.78 is 55.4. The highest BCUT2D eigenvalue weighted by atomic mass is 32.2. The molecule has 0 fully saturated rings. The van der Waals surface area contributed by atoms with Crippen molar-refractivity contribution in [1.29, 1.82) is 5.26 Å². The van der Waals surface area contributed by atoms with Crippen molar-refractivity contribution in [2.75, 3.05) is 0 Å². The van der Waals surface area contributed by atoms with Gasteiger partial charge in [0.1, 0.15) is 6.61 Å². The van der Waals surface area contributed by atoms with Crippen molar-refractivity contribution in [3.05, 3.63) is 107 Å². The van der Waals surface area contributed by atoms with E-state index >= 15 is 4.39 Å². The van der Waals surface area contributed by atoms with Gasteiger partial charge in [-0.15, -0.1) is 0 Å². The van der Waals surface area contributed by atoms with Crippen LogP contribution < -0.4 is 9.47 Å². The minimum absolute atomic E-state index is 0.0160. The number of hydrogen-bond acceptors (Lipinski definition) is 6. The Morgan fingerprint density at radius 2 is 1.69 bits per heavy atom. The molecule has 4 rings (SSSR count). The van der Waals surface area contributed by atoms with Crippen molar-refractivity contribution >= 4 is 17.7 Å². The van der Waals surface area contributed by atoms with Crippen LogP contribution in [0.4, 0.5) is 13.2 Å².